The first kappa shape index (κ1) is 15.3. The van der Waals surface area contributed by atoms with Gasteiger partial charge in [0.2, 0.25) is 5.91 Å². The number of hydrogen-bond acceptors (Lipinski definition) is 4. The second kappa shape index (κ2) is 6.11. The molecule has 0 aliphatic heterocycles. The van der Waals surface area contributed by atoms with Crippen LogP contribution >= 0.6 is 23.2 Å². The predicted octanol–water partition coefficient (Wildman–Crippen LogP) is 3.29. The monoisotopic (exact) mass is 327 g/mol. The first-order valence-electron chi connectivity index (χ1n) is 5.85. The average Bonchev–Trinajstić information content (AvgIpc) is 2.32. The summed E-state index contributed by atoms with van der Waals surface area (Å²) in [6.45, 7) is 0. The molecule has 4 N–H and O–H groups in total. The van der Waals surface area contributed by atoms with E-state index in [1.807, 2.05) is 0 Å². The number of rotatable bonds is 3. The maximum atomic E-state index is 11.9. The molecule has 7 heteroatoms. The topological polar surface area (TPSA) is 89.8 Å². The molecule has 21 heavy (non-hydrogen) atoms. The third-order valence-electron chi connectivity index (χ3n) is 2.67. The molecule has 0 saturated carbocycles. The standard InChI is InChI=1S/C14H11Cl2NO4/c15-7-1-8(16)3-9(2-7)17-14(21)6-11-12(19)4-10(18)5-13(11)20/h1-5,18-20H,6H2,(H,17,21). The van der Waals surface area contributed by atoms with Crippen LogP contribution < -0.4 is 5.32 Å². The van der Waals surface area contributed by atoms with E-state index in [2.05, 4.69) is 5.32 Å². The number of nitrogens with one attached hydrogen (secondary N) is 1. The average molecular weight is 328 g/mol. The molecule has 0 saturated heterocycles. The van der Waals surface area contributed by atoms with Gasteiger partial charge in [-0.3, -0.25) is 4.79 Å². The van der Waals surface area contributed by atoms with Gasteiger partial charge in [0.1, 0.15) is 17.2 Å². The number of phenolic OH excluding ortho intramolecular Hbond substituents is 3. The number of carbonyl (C=O) groups is 1. The van der Waals surface area contributed by atoms with Gasteiger partial charge in [0, 0.05) is 33.4 Å². The molecule has 5 nitrogen and oxygen atoms in total. The fourth-order valence-corrected chi connectivity index (χ4v) is 2.33. The molecule has 0 radical (unpaired) electrons. The van der Waals surface area contributed by atoms with Crippen LogP contribution in [0.25, 0.3) is 0 Å². The Bertz CT molecular complexity index is 660. The molecule has 0 bridgehead atoms. The third kappa shape index (κ3) is 3.93. The minimum absolute atomic E-state index is 0.0124. The highest BCUT2D eigenvalue weighted by Crippen LogP contribution is 2.32. The lowest BCUT2D eigenvalue weighted by Crippen LogP contribution is -2.14. The van der Waals surface area contributed by atoms with Gasteiger partial charge in [-0.25, -0.2) is 0 Å². The predicted molar refractivity (Wildman–Crippen MR) is 80.2 cm³/mol. The number of benzene rings is 2. The highest BCUT2D eigenvalue weighted by Gasteiger charge is 2.14. The lowest BCUT2D eigenvalue weighted by molar-refractivity contribution is -0.115. The van der Waals surface area contributed by atoms with E-state index in [0.717, 1.165) is 12.1 Å². The summed E-state index contributed by atoms with van der Waals surface area (Å²) < 4.78 is 0. The summed E-state index contributed by atoms with van der Waals surface area (Å²) in [7, 11) is 0. The molecule has 2 rings (SSSR count). The van der Waals surface area contributed by atoms with Crippen molar-refractivity contribution in [1.82, 2.24) is 0 Å². The van der Waals surface area contributed by atoms with Crippen LogP contribution in [0.5, 0.6) is 17.2 Å². The molecular formula is C14H11Cl2NO4. The highest BCUT2D eigenvalue weighted by molar-refractivity contribution is 6.35. The Balaban J connectivity index is 2.15. The second-order valence-electron chi connectivity index (χ2n) is 4.35. The summed E-state index contributed by atoms with van der Waals surface area (Å²) >= 11 is 11.6. The largest absolute Gasteiger partial charge is 0.508 e. The molecule has 0 atom stereocenters. The van der Waals surface area contributed by atoms with E-state index in [9.17, 15) is 20.1 Å². The molecule has 0 unspecified atom stereocenters. The minimum Gasteiger partial charge on any atom is -0.508 e. The smallest absolute Gasteiger partial charge is 0.229 e. The number of anilines is 1. The molecule has 0 spiro atoms. The van der Waals surface area contributed by atoms with Crippen molar-refractivity contribution in [1.29, 1.82) is 0 Å². The summed E-state index contributed by atoms with van der Waals surface area (Å²) in [6, 6.07) is 6.64. The van der Waals surface area contributed by atoms with Crippen molar-refractivity contribution in [2.75, 3.05) is 5.32 Å². The van der Waals surface area contributed by atoms with Crippen LogP contribution in [0.2, 0.25) is 10.0 Å². The summed E-state index contributed by atoms with van der Waals surface area (Å²) in [5.41, 5.74) is 0.411. The minimum atomic E-state index is -0.482. The molecule has 2 aromatic carbocycles. The Morgan fingerprint density at radius 3 is 2.00 bits per heavy atom. The number of hydrogen-bond donors (Lipinski definition) is 4. The molecule has 2 aromatic rings. The van der Waals surface area contributed by atoms with Gasteiger partial charge in [0.05, 0.1) is 6.42 Å². The van der Waals surface area contributed by atoms with Crippen LogP contribution in [-0.4, -0.2) is 21.2 Å². The van der Waals surface area contributed by atoms with Gasteiger partial charge in [-0.1, -0.05) is 23.2 Å². The SMILES string of the molecule is O=C(Cc1c(O)cc(O)cc1O)Nc1cc(Cl)cc(Cl)c1. The Morgan fingerprint density at radius 1 is 0.952 bits per heavy atom. The summed E-state index contributed by atoms with van der Waals surface area (Å²) in [5, 5.41) is 31.8. The molecule has 0 aliphatic carbocycles. The summed E-state index contributed by atoms with van der Waals surface area (Å²) in [6.07, 6.45) is -0.276. The quantitative estimate of drug-likeness (QED) is 0.696. The van der Waals surface area contributed by atoms with Crippen LogP contribution in [0, 0.1) is 0 Å². The highest BCUT2D eigenvalue weighted by atomic mass is 35.5. The van der Waals surface area contributed by atoms with Gasteiger partial charge in [-0.15, -0.1) is 0 Å². The first-order chi connectivity index (χ1) is 9.85. The number of carbonyl (C=O) groups excluding carboxylic acids is 1. The first-order valence-corrected chi connectivity index (χ1v) is 6.60. The van der Waals surface area contributed by atoms with Crippen LogP contribution in [-0.2, 0) is 11.2 Å². The molecule has 110 valence electrons. The molecular weight excluding hydrogens is 317 g/mol. The maximum Gasteiger partial charge on any atom is 0.229 e. The molecule has 0 heterocycles. The van der Waals surface area contributed by atoms with Crippen molar-refractivity contribution in [2.45, 2.75) is 6.42 Å². The van der Waals surface area contributed by atoms with Gasteiger partial charge in [-0.05, 0) is 18.2 Å². The Hall–Kier alpha value is -2.11. The Kier molecular flexibility index (Phi) is 4.45. The molecule has 0 fully saturated rings. The fraction of sp³-hybridized carbons (Fsp3) is 0.0714. The van der Waals surface area contributed by atoms with Crippen molar-refractivity contribution in [2.24, 2.45) is 0 Å². The van der Waals surface area contributed by atoms with Gasteiger partial charge in [-0.2, -0.15) is 0 Å². The van der Waals surface area contributed by atoms with E-state index in [-0.39, 0.29) is 29.2 Å². The summed E-state index contributed by atoms with van der Waals surface area (Å²) in [4.78, 5) is 11.9. The lowest BCUT2D eigenvalue weighted by Gasteiger charge is -2.09. The van der Waals surface area contributed by atoms with Crippen molar-refractivity contribution in [3.63, 3.8) is 0 Å². The fourth-order valence-electron chi connectivity index (χ4n) is 1.80. The van der Waals surface area contributed by atoms with Gasteiger partial charge >= 0.3 is 0 Å². The maximum absolute atomic E-state index is 11.9. The second-order valence-corrected chi connectivity index (χ2v) is 5.22. The summed E-state index contributed by atoms with van der Waals surface area (Å²) in [5.74, 6) is -1.51. The van der Waals surface area contributed by atoms with Crippen molar-refractivity contribution >= 4 is 34.8 Å². The zero-order valence-electron chi connectivity index (χ0n) is 10.6. The van der Waals surface area contributed by atoms with E-state index in [4.69, 9.17) is 23.2 Å². The third-order valence-corrected chi connectivity index (χ3v) is 3.11. The zero-order valence-corrected chi connectivity index (χ0v) is 12.1. The van der Waals surface area contributed by atoms with E-state index in [1.54, 1.807) is 0 Å². The van der Waals surface area contributed by atoms with Crippen LogP contribution in [0.4, 0.5) is 5.69 Å². The van der Waals surface area contributed by atoms with E-state index in [1.165, 1.54) is 18.2 Å². The van der Waals surface area contributed by atoms with Crippen LogP contribution in [0.3, 0.4) is 0 Å². The number of aromatic hydroxyl groups is 3. The molecule has 0 aliphatic rings. The Labute approximate surface area is 130 Å². The van der Waals surface area contributed by atoms with E-state index in [0.29, 0.717) is 15.7 Å². The van der Waals surface area contributed by atoms with Gasteiger partial charge in [0.25, 0.3) is 0 Å². The van der Waals surface area contributed by atoms with Crippen molar-refractivity contribution < 1.29 is 20.1 Å². The molecule has 1 amide bonds. The van der Waals surface area contributed by atoms with Crippen LogP contribution in [0.15, 0.2) is 30.3 Å². The van der Waals surface area contributed by atoms with Crippen molar-refractivity contribution in [3.8, 4) is 17.2 Å². The van der Waals surface area contributed by atoms with E-state index < -0.39 is 5.91 Å². The Morgan fingerprint density at radius 2 is 1.48 bits per heavy atom. The van der Waals surface area contributed by atoms with Gasteiger partial charge < -0.3 is 20.6 Å². The number of amides is 1. The molecule has 0 aromatic heterocycles. The van der Waals surface area contributed by atoms with E-state index >= 15 is 0 Å². The van der Waals surface area contributed by atoms with Crippen molar-refractivity contribution in [3.05, 3.63) is 45.9 Å². The van der Waals surface area contributed by atoms with Crippen LogP contribution in [0.1, 0.15) is 5.56 Å². The number of halogens is 2. The lowest BCUT2D eigenvalue weighted by atomic mass is 10.1. The van der Waals surface area contributed by atoms with Gasteiger partial charge in [0.15, 0.2) is 0 Å². The zero-order chi connectivity index (χ0) is 15.6. The normalized spacial score (nSPS) is 10.4. The number of phenols is 3.